The van der Waals surface area contributed by atoms with Gasteiger partial charge in [-0.25, -0.2) is 8.42 Å². The molecule has 1 N–H and O–H groups in total. The number of hydrogen-bond donors (Lipinski definition) is 1. The van der Waals surface area contributed by atoms with Crippen LogP contribution in [0.15, 0.2) is 29.2 Å². The average Bonchev–Trinajstić information content (AvgIpc) is 2.61. The van der Waals surface area contributed by atoms with E-state index in [-0.39, 0.29) is 18.0 Å². The summed E-state index contributed by atoms with van der Waals surface area (Å²) in [5.41, 5.74) is 1.15. The van der Waals surface area contributed by atoms with Gasteiger partial charge in [0.25, 0.3) is 0 Å². The van der Waals surface area contributed by atoms with Crippen LogP contribution in [0.5, 0.6) is 0 Å². The van der Waals surface area contributed by atoms with Crippen molar-refractivity contribution in [1.82, 2.24) is 14.5 Å². The lowest BCUT2D eigenvalue weighted by molar-refractivity contribution is -0.126. The van der Waals surface area contributed by atoms with Crippen molar-refractivity contribution in [3.05, 3.63) is 29.8 Å². The van der Waals surface area contributed by atoms with Gasteiger partial charge in [0.05, 0.1) is 10.9 Å². The van der Waals surface area contributed by atoms with Crippen LogP contribution in [0, 0.1) is 0 Å². The van der Waals surface area contributed by atoms with Crippen molar-refractivity contribution in [3.63, 3.8) is 0 Å². The first-order valence-electron chi connectivity index (χ1n) is 9.39. The number of carbonyl (C=O) groups is 1. The van der Waals surface area contributed by atoms with Crippen LogP contribution in [0.4, 0.5) is 0 Å². The normalized spacial score (nSPS) is 18.0. The molecular weight excluding hydrogens is 350 g/mol. The third-order valence-electron chi connectivity index (χ3n) is 4.73. The molecule has 1 saturated heterocycles. The minimum atomic E-state index is -3.48. The molecule has 26 heavy (non-hydrogen) atoms. The minimum Gasteiger partial charge on any atom is -0.353 e. The first-order chi connectivity index (χ1) is 12.3. The van der Waals surface area contributed by atoms with E-state index in [0.717, 1.165) is 18.4 Å². The SMILES string of the molecule is CCCc1ccc(S(=O)(=O)N2CCN([C@H](C)C(=O)NC(C)C)CC2)cc1. The van der Waals surface area contributed by atoms with Gasteiger partial charge < -0.3 is 5.32 Å². The first kappa shape index (κ1) is 20.9. The molecule has 0 saturated carbocycles. The zero-order valence-electron chi connectivity index (χ0n) is 16.2. The topological polar surface area (TPSA) is 69.7 Å². The quantitative estimate of drug-likeness (QED) is 0.783. The zero-order valence-corrected chi connectivity index (χ0v) is 17.1. The molecule has 1 atom stereocenters. The summed E-state index contributed by atoms with van der Waals surface area (Å²) < 4.78 is 27.2. The van der Waals surface area contributed by atoms with Crippen LogP contribution in [-0.4, -0.2) is 61.8 Å². The van der Waals surface area contributed by atoms with Crippen molar-refractivity contribution in [3.8, 4) is 0 Å². The predicted molar refractivity (Wildman–Crippen MR) is 104 cm³/mol. The summed E-state index contributed by atoms with van der Waals surface area (Å²) in [6, 6.07) is 7.03. The van der Waals surface area contributed by atoms with Gasteiger partial charge in [-0.15, -0.1) is 0 Å². The Morgan fingerprint density at radius 3 is 2.15 bits per heavy atom. The van der Waals surface area contributed by atoms with Gasteiger partial charge in [0.15, 0.2) is 0 Å². The molecule has 0 radical (unpaired) electrons. The average molecular weight is 382 g/mol. The van der Waals surface area contributed by atoms with Crippen molar-refractivity contribution in [1.29, 1.82) is 0 Å². The third-order valence-corrected chi connectivity index (χ3v) is 6.64. The summed E-state index contributed by atoms with van der Waals surface area (Å²) in [7, 11) is -3.48. The summed E-state index contributed by atoms with van der Waals surface area (Å²) in [6.07, 6.45) is 1.99. The molecule has 1 amide bonds. The number of nitrogens with one attached hydrogen (secondary N) is 1. The maximum absolute atomic E-state index is 12.8. The molecule has 0 aliphatic carbocycles. The highest BCUT2D eigenvalue weighted by atomic mass is 32.2. The number of nitrogens with zero attached hydrogens (tertiary/aromatic N) is 2. The molecule has 1 aliphatic rings. The van der Waals surface area contributed by atoms with Crippen LogP contribution in [0.1, 0.15) is 39.7 Å². The van der Waals surface area contributed by atoms with Crippen LogP contribution in [-0.2, 0) is 21.2 Å². The Bertz CT molecular complexity index is 693. The monoisotopic (exact) mass is 381 g/mol. The van der Waals surface area contributed by atoms with Gasteiger partial charge in [0, 0.05) is 32.2 Å². The largest absolute Gasteiger partial charge is 0.353 e. The van der Waals surface area contributed by atoms with E-state index in [2.05, 4.69) is 12.2 Å². The summed E-state index contributed by atoms with van der Waals surface area (Å²) in [5, 5.41) is 2.91. The Kier molecular flexibility index (Phi) is 7.20. The second-order valence-electron chi connectivity index (χ2n) is 7.17. The second kappa shape index (κ2) is 8.97. The van der Waals surface area contributed by atoms with Crippen molar-refractivity contribution in [2.45, 2.75) is 57.5 Å². The molecule has 0 bridgehead atoms. The molecule has 146 valence electrons. The maximum Gasteiger partial charge on any atom is 0.243 e. The number of amides is 1. The molecule has 1 fully saturated rings. The Balaban J connectivity index is 1.98. The van der Waals surface area contributed by atoms with E-state index in [1.54, 1.807) is 12.1 Å². The van der Waals surface area contributed by atoms with Gasteiger partial charge in [-0.3, -0.25) is 9.69 Å². The van der Waals surface area contributed by atoms with E-state index < -0.39 is 10.0 Å². The van der Waals surface area contributed by atoms with E-state index in [4.69, 9.17) is 0 Å². The molecule has 0 unspecified atom stereocenters. The lowest BCUT2D eigenvalue weighted by Crippen LogP contribution is -2.55. The lowest BCUT2D eigenvalue weighted by atomic mass is 10.1. The fourth-order valence-corrected chi connectivity index (χ4v) is 4.59. The van der Waals surface area contributed by atoms with E-state index >= 15 is 0 Å². The standard InChI is InChI=1S/C19H31N3O3S/c1-5-6-17-7-9-18(10-8-17)26(24,25)22-13-11-21(12-14-22)16(4)19(23)20-15(2)3/h7-10,15-16H,5-6,11-14H2,1-4H3,(H,20,23)/t16-/m1/s1. The third kappa shape index (κ3) is 5.05. The number of piperazine rings is 1. The van der Waals surface area contributed by atoms with Gasteiger partial charge in [0.2, 0.25) is 15.9 Å². The van der Waals surface area contributed by atoms with Crippen molar-refractivity contribution in [2.24, 2.45) is 0 Å². The van der Waals surface area contributed by atoms with Gasteiger partial charge >= 0.3 is 0 Å². The van der Waals surface area contributed by atoms with E-state index in [1.807, 2.05) is 37.8 Å². The zero-order chi connectivity index (χ0) is 19.3. The van der Waals surface area contributed by atoms with Crippen LogP contribution in [0.25, 0.3) is 0 Å². The van der Waals surface area contributed by atoms with Crippen LogP contribution in [0.2, 0.25) is 0 Å². The highest BCUT2D eigenvalue weighted by Crippen LogP contribution is 2.19. The fourth-order valence-electron chi connectivity index (χ4n) is 3.17. The van der Waals surface area contributed by atoms with Crippen molar-refractivity contribution < 1.29 is 13.2 Å². The Hall–Kier alpha value is -1.44. The lowest BCUT2D eigenvalue weighted by Gasteiger charge is -2.37. The van der Waals surface area contributed by atoms with Gasteiger partial charge in [-0.1, -0.05) is 25.5 Å². The summed E-state index contributed by atoms with van der Waals surface area (Å²) in [5.74, 6) is -0.0113. The van der Waals surface area contributed by atoms with Gasteiger partial charge in [0.1, 0.15) is 0 Å². The highest BCUT2D eigenvalue weighted by molar-refractivity contribution is 7.89. The number of sulfonamides is 1. The first-order valence-corrected chi connectivity index (χ1v) is 10.8. The van der Waals surface area contributed by atoms with Crippen LogP contribution < -0.4 is 5.32 Å². The fraction of sp³-hybridized carbons (Fsp3) is 0.632. The maximum atomic E-state index is 12.8. The molecule has 1 aliphatic heterocycles. The molecule has 6 nitrogen and oxygen atoms in total. The number of rotatable bonds is 7. The van der Waals surface area contributed by atoms with Crippen LogP contribution in [0.3, 0.4) is 0 Å². The molecule has 1 heterocycles. The van der Waals surface area contributed by atoms with Crippen molar-refractivity contribution >= 4 is 15.9 Å². The molecule has 0 aromatic heterocycles. The number of hydrogen-bond acceptors (Lipinski definition) is 4. The van der Waals surface area contributed by atoms with Gasteiger partial charge in [-0.2, -0.15) is 4.31 Å². The smallest absolute Gasteiger partial charge is 0.243 e. The van der Waals surface area contributed by atoms with E-state index in [0.29, 0.717) is 31.1 Å². The molecule has 1 aromatic carbocycles. The Morgan fingerprint density at radius 1 is 1.08 bits per heavy atom. The Labute approximate surface area is 157 Å². The molecular formula is C19H31N3O3S. The molecule has 2 rings (SSSR count). The van der Waals surface area contributed by atoms with Crippen molar-refractivity contribution in [2.75, 3.05) is 26.2 Å². The van der Waals surface area contributed by atoms with E-state index in [9.17, 15) is 13.2 Å². The summed E-state index contributed by atoms with van der Waals surface area (Å²) >= 11 is 0. The molecule has 0 spiro atoms. The number of aryl methyl sites for hydroxylation is 1. The second-order valence-corrected chi connectivity index (χ2v) is 9.11. The van der Waals surface area contributed by atoms with Gasteiger partial charge in [-0.05, 0) is 44.9 Å². The number of benzene rings is 1. The summed E-state index contributed by atoms with van der Waals surface area (Å²) in [6.45, 7) is 9.75. The predicted octanol–water partition coefficient (Wildman–Crippen LogP) is 1.86. The molecule has 7 heteroatoms. The molecule has 1 aromatic rings. The number of carbonyl (C=O) groups excluding carboxylic acids is 1. The highest BCUT2D eigenvalue weighted by Gasteiger charge is 2.31. The van der Waals surface area contributed by atoms with Crippen LogP contribution >= 0.6 is 0 Å². The Morgan fingerprint density at radius 2 is 1.65 bits per heavy atom. The summed E-state index contributed by atoms with van der Waals surface area (Å²) in [4.78, 5) is 14.5. The minimum absolute atomic E-state index is 0.0113. The van der Waals surface area contributed by atoms with E-state index in [1.165, 1.54) is 4.31 Å².